The lowest BCUT2D eigenvalue weighted by atomic mass is 9.88. The van der Waals surface area contributed by atoms with Crippen LogP contribution < -0.4 is 15.2 Å². The third-order valence-electron chi connectivity index (χ3n) is 6.58. The highest BCUT2D eigenvalue weighted by Gasteiger charge is 2.28. The number of nitrogens with zero attached hydrogens (tertiary/aromatic N) is 3. The van der Waals surface area contributed by atoms with Crippen molar-refractivity contribution >= 4 is 11.5 Å². The molecule has 0 aromatic heterocycles. The lowest BCUT2D eigenvalue weighted by Crippen LogP contribution is -2.40. The largest absolute Gasteiger partial charge is 0.493 e. The van der Waals surface area contributed by atoms with Crippen molar-refractivity contribution in [1.82, 2.24) is 9.80 Å². The van der Waals surface area contributed by atoms with Crippen molar-refractivity contribution in [2.24, 2.45) is 10.7 Å². The van der Waals surface area contributed by atoms with E-state index in [4.69, 9.17) is 20.2 Å². The fourth-order valence-electron chi connectivity index (χ4n) is 4.49. The van der Waals surface area contributed by atoms with E-state index in [1.165, 1.54) is 23.4 Å². The second kappa shape index (κ2) is 8.27. The van der Waals surface area contributed by atoms with Crippen LogP contribution in [0.4, 0.5) is 0 Å². The van der Waals surface area contributed by atoms with Crippen LogP contribution in [0.3, 0.4) is 0 Å². The summed E-state index contributed by atoms with van der Waals surface area (Å²) in [6, 6.07) is 6.31. The van der Waals surface area contributed by atoms with Crippen molar-refractivity contribution in [3.8, 4) is 11.5 Å². The second-order valence-corrected chi connectivity index (χ2v) is 8.49. The first-order chi connectivity index (χ1) is 15.2. The standard InChI is InChI=1S/C25H30N4O2/c1-30-23-8-6-18(14-24(23)31-2)21-15-22(17-4-3-5-17)29-16-20(7-9-25(29)27-21)28-12-10-19(26)11-13-28/h6-9,14-16,19H,3-5,10-13,26H2,1-2H3. The molecule has 3 heterocycles. The SMILES string of the molecule is COc1ccc(C2=CC(=C3CCC3)N3C=C(N4CCC(N)CC4)C=CC3=N2)cc1OC. The molecule has 1 aromatic rings. The molecular formula is C25H30N4O2. The summed E-state index contributed by atoms with van der Waals surface area (Å²) in [6.45, 7) is 2.02. The van der Waals surface area contributed by atoms with Crippen LogP contribution in [0.2, 0.25) is 0 Å². The molecule has 162 valence electrons. The first kappa shape index (κ1) is 19.9. The summed E-state index contributed by atoms with van der Waals surface area (Å²) < 4.78 is 10.9. The van der Waals surface area contributed by atoms with E-state index in [1.807, 2.05) is 18.2 Å². The van der Waals surface area contributed by atoms with Gasteiger partial charge in [-0.1, -0.05) is 0 Å². The Hall–Kier alpha value is -2.99. The average molecular weight is 419 g/mol. The minimum atomic E-state index is 0.330. The van der Waals surface area contributed by atoms with E-state index in [0.29, 0.717) is 11.8 Å². The molecule has 5 rings (SSSR count). The van der Waals surface area contributed by atoms with Crippen LogP contribution in [-0.4, -0.2) is 49.0 Å². The summed E-state index contributed by atoms with van der Waals surface area (Å²) >= 11 is 0. The molecule has 0 spiro atoms. The van der Waals surface area contributed by atoms with Gasteiger partial charge in [0.15, 0.2) is 11.5 Å². The topological polar surface area (TPSA) is 63.3 Å². The van der Waals surface area contributed by atoms with Gasteiger partial charge in [0.25, 0.3) is 0 Å². The number of amidine groups is 1. The number of nitrogens with two attached hydrogens (primary N) is 1. The molecule has 2 N–H and O–H groups in total. The van der Waals surface area contributed by atoms with Gasteiger partial charge in [0, 0.05) is 36.6 Å². The first-order valence-electron chi connectivity index (χ1n) is 11.1. The van der Waals surface area contributed by atoms with E-state index in [2.05, 4.69) is 34.2 Å². The van der Waals surface area contributed by atoms with Gasteiger partial charge in [-0.25, -0.2) is 4.99 Å². The van der Waals surface area contributed by atoms with Crippen LogP contribution in [0.1, 0.15) is 37.7 Å². The molecule has 1 saturated carbocycles. The lowest BCUT2D eigenvalue weighted by Gasteiger charge is -2.38. The normalized spacial score (nSPS) is 21.2. The number of piperidine rings is 1. The lowest BCUT2D eigenvalue weighted by molar-refractivity contribution is 0.267. The average Bonchev–Trinajstić information content (AvgIpc) is 2.77. The van der Waals surface area contributed by atoms with Gasteiger partial charge < -0.3 is 20.1 Å². The van der Waals surface area contributed by atoms with E-state index in [0.717, 1.165) is 61.6 Å². The Bertz CT molecular complexity index is 1020. The predicted molar refractivity (Wildman–Crippen MR) is 124 cm³/mol. The van der Waals surface area contributed by atoms with Crippen LogP contribution in [0.25, 0.3) is 5.70 Å². The van der Waals surface area contributed by atoms with Crippen LogP contribution in [0.5, 0.6) is 11.5 Å². The highest BCUT2D eigenvalue weighted by atomic mass is 16.5. The molecule has 0 atom stereocenters. The fourth-order valence-corrected chi connectivity index (χ4v) is 4.49. The van der Waals surface area contributed by atoms with Crippen molar-refractivity contribution in [2.45, 2.75) is 38.1 Å². The van der Waals surface area contributed by atoms with E-state index in [9.17, 15) is 0 Å². The maximum absolute atomic E-state index is 6.10. The number of fused-ring (bicyclic) bond motifs is 1. The summed E-state index contributed by atoms with van der Waals surface area (Å²) in [5.74, 6) is 2.39. The Morgan fingerprint density at radius 2 is 1.81 bits per heavy atom. The number of hydrogen-bond donors (Lipinski definition) is 1. The molecule has 4 aliphatic rings. The third-order valence-corrected chi connectivity index (χ3v) is 6.58. The number of likely N-dealkylation sites (tertiary alicyclic amines) is 1. The Morgan fingerprint density at radius 3 is 2.48 bits per heavy atom. The number of benzene rings is 1. The zero-order valence-electron chi connectivity index (χ0n) is 18.3. The maximum atomic E-state index is 6.10. The van der Waals surface area contributed by atoms with Crippen molar-refractivity contribution in [3.63, 3.8) is 0 Å². The number of aliphatic imine (C=N–C) groups is 1. The second-order valence-electron chi connectivity index (χ2n) is 8.49. The highest BCUT2D eigenvalue weighted by Crippen LogP contribution is 2.38. The Kier molecular flexibility index (Phi) is 5.32. The molecule has 0 radical (unpaired) electrons. The zero-order chi connectivity index (χ0) is 21.4. The molecule has 0 amide bonds. The van der Waals surface area contributed by atoms with E-state index in [1.54, 1.807) is 14.2 Å². The van der Waals surface area contributed by atoms with Crippen molar-refractivity contribution in [1.29, 1.82) is 0 Å². The molecule has 3 aliphatic heterocycles. The Morgan fingerprint density at radius 1 is 1.03 bits per heavy atom. The van der Waals surface area contributed by atoms with Crippen molar-refractivity contribution < 1.29 is 9.47 Å². The maximum Gasteiger partial charge on any atom is 0.161 e. The highest BCUT2D eigenvalue weighted by molar-refractivity contribution is 6.02. The van der Waals surface area contributed by atoms with Crippen molar-refractivity contribution in [3.05, 3.63) is 65.2 Å². The number of rotatable bonds is 4. The Balaban J connectivity index is 1.49. The molecule has 1 aliphatic carbocycles. The minimum absolute atomic E-state index is 0.330. The zero-order valence-corrected chi connectivity index (χ0v) is 18.3. The smallest absolute Gasteiger partial charge is 0.161 e. The van der Waals surface area contributed by atoms with Gasteiger partial charge in [0.05, 0.1) is 25.6 Å². The fraction of sp³-hybridized carbons (Fsp3) is 0.400. The Labute approximate surface area is 184 Å². The number of ether oxygens (including phenoxy) is 2. The summed E-state index contributed by atoms with van der Waals surface area (Å²) in [5.41, 5.74) is 12.1. The van der Waals surface area contributed by atoms with Crippen molar-refractivity contribution in [2.75, 3.05) is 27.3 Å². The third kappa shape index (κ3) is 3.76. The number of hydrogen-bond acceptors (Lipinski definition) is 6. The van der Waals surface area contributed by atoms with E-state index in [-0.39, 0.29) is 0 Å². The molecule has 1 saturated heterocycles. The molecule has 2 fully saturated rings. The molecule has 0 bridgehead atoms. The molecule has 31 heavy (non-hydrogen) atoms. The van der Waals surface area contributed by atoms with E-state index >= 15 is 0 Å². The van der Waals surface area contributed by atoms with Gasteiger partial charge in [0.2, 0.25) is 0 Å². The molecular weight excluding hydrogens is 388 g/mol. The van der Waals surface area contributed by atoms with Gasteiger partial charge >= 0.3 is 0 Å². The molecule has 6 nitrogen and oxygen atoms in total. The van der Waals surface area contributed by atoms with Crippen LogP contribution in [-0.2, 0) is 0 Å². The quantitative estimate of drug-likeness (QED) is 0.800. The summed E-state index contributed by atoms with van der Waals surface area (Å²) in [5, 5.41) is 0. The molecule has 1 aromatic carbocycles. The van der Waals surface area contributed by atoms with Crippen LogP contribution in [0, 0.1) is 0 Å². The number of methoxy groups -OCH3 is 2. The first-order valence-corrected chi connectivity index (χ1v) is 11.1. The summed E-state index contributed by atoms with van der Waals surface area (Å²) in [6.07, 6.45) is 14.4. The van der Waals surface area contributed by atoms with Gasteiger partial charge in [0.1, 0.15) is 5.84 Å². The predicted octanol–water partition coefficient (Wildman–Crippen LogP) is 4.03. The van der Waals surface area contributed by atoms with Gasteiger partial charge in [-0.15, -0.1) is 0 Å². The summed E-state index contributed by atoms with van der Waals surface area (Å²) in [7, 11) is 3.32. The van der Waals surface area contributed by atoms with Gasteiger partial charge in [-0.3, -0.25) is 4.90 Å². The van der Waals surface area contributed by atoms with Gasteiger partial charge in [-0.2, -0.15) is 0 Å². The number of allylic oxidation sites excluding steroid dienone is 3. The molecule has 0 unspecified atom stereocenters. The summed E-state index contributed by atoms with van der Waals surface area (Å²) in [4.78, 5) is 9.70. The van der Waals surface area contributed by atoms with E-state index < -0.39 is 0 Å². The molecule has 6 heteroatoms. The minimum Gasteiger partial charge on any atom is -0.493 e. The monoisotopic (exact) mass is 418 g/mol. The van der Waals surface area contributed by atoms with Crippen LogP contribution >= 0.6 is 0 Å². The van der Waals surface area contributed by atoms with Gasteiger partial charge in [-0.05, 0) is 74.1 Å². The van der Waals surface area contributed by atoms with Crippen LogP contribution in [0.15, 0.2) is 64.6 Å².